The van der Waals surface area contributed by atoms with Crippen LogP contribution in [0, 0.1) is 6.92 Å². The lowest BCUT2D eigenvalue weighted by Gasteiger charge is -2.11. The number of aromatic amines is 1. The lowest BCUT2D eigenvalue weighted by Crippen LogP contribution is -2.32. The van der Waals surface area contributed by atoms with Gasteiger partial charge < -0.3 is 11.1 Å². The minimum atomic E-state index is -0.534. The first-order valence-electron chi connectivity index (χ1n) is 5.73. The summed E-state index contributed by atoms with van der Waals surface area (Å²) in [5, 5.41) is 2.95. The van der Waals surface area contributed by atoms with E-state index in [0.29, 0.717) is 6.54 Å². The number of hydrogen-bond donors (Lipinski definition) is 3. The predicted octanol–water partition coefficient (Wildman–Crippen LogP) is -0.0287. The van der Waals surface area contributed by atoms with Gasteiger partial charge in [-0.3, -0.25) is 19.3 Å². The third kappa shape index (κ3) is 2.49. The van der Waals surface area contributed by atoms with Crippen LogP contribution in [0.5, 0.6) is 0 Å². The van der Waals surface area contributed by atoms with Crippen LogP contribution in [0.3, 0.4) is 0 Å². The number of aryl methyl sites for hydroxylation is 1. The molecule has 0 radical (unpaired) electrons. The highest BCUT2D eigenvalue weighted by atomic mass is 16.2. The summed E-state index contributed by atoms with van der Waals surface area (Å²) in [5.41, 5.74) is 6.90. The zero-order chi connectivity index (χ0) is 14.0. The Morgan fingerprint density at radius 2 is 2.21 bits per heavy atom. The van der Waals surface area contributed by atoms with Crippen molar-refractivity contribution in [3.8, 4) is 0 Å². The number of H-pyrrole nitrogens is 1. The van der Waals surface area contributed by atoms with Crippen LogP contribution >= 0.6 is 0 Å². The molecule has 0 atom stereocenters. The fraction of sp³-hybridized carbons (Fsp3) is 0.250. The molecule has 19 heavy (non-hydrogen) atoms. The van der Waals surface area contributed by atoms with Gasteiger partial charge in [-0.05, 0) is 24.1 Å². The van der Waals surface area contributed by atoms with Gasteiger partial charge in [0.25, 0.3) is 5.56 Å². The largest absolute Gasteiger partial charge is 0.383 e. The second kappa shape index (κ2) is 4.97. The Kier molecular flexibility index (Phi) is 3.37. The maximum atomic E-state index is 11.7. The van der Waals surface area contributed by atoms with Crippen LogP contribution in [0.15, 0.2) is 28.0 Å². The molecule has 0 aliphatic carbocycles. The molecule has 7 heteroatoms. The molecule has 0 spiro atoms. The Labute approximate surface area is 109 Å². The first-order chi connectivity index (χ1) is 9.00. The smallest absolute Gasteiger partial charge is 0.329 e. The van der Waals surface area contributed by atoms with Crippen LogP contribution in [0.25, 0.3) is 0 Å². The monoisotopic (exact) mass is 261 g/mol. The molecule has 0 unspecified atom stereocenters. The Balaban J connectivity index is 2.31. The van der Waals surface area contributed by atoms with Crippen molar-refractivity contribution in [2.45, 2.75) is 13.5 Å². The van der Waals surface area contributed by atoms with Crippen LogP contribution in [0.1, 0.15) is 11.1 Å². The zero-order valence-electron chi connectivity index (χ0n) is 10.7. The molecule has 0 saturated heterocycles. The Morgan fingerprint density at radius 3 is 2.89 bits per heavy atom. The summed E-state index contributed by atoms with van der Waals surface area (Å²) in [7, 11) is 1.50. The molecule has 2 rings (SSSR count). The van der Waals surface area contributed by atoms with Crippen molar-refractivity contribution in [3.63, 3.8) is 0 Å². The molecule has 0 saturated carbocycles. The number of nitrogen functional groups attached to an aromatic ring is 1. The van der Waals surface area contributed by atoms with E-state index in [-0.39, 0.29) is 11.5 Å². The fourth-order valence-electron chi connectivity index (χ4n) is 1.69. The molecule has 7 nitrogen and oxygen atoms in total. The molecule has 2 aromatic rings. The number of aromatic nitrogens is 3. The summed E-state index contributed by atoms with van der Waals surface area (Å²) >= 11 is 0. The third-order valence-electron chi connectivity index (χ3n) is 2.96. The van der Waals surface area contributed by atoms with Crippen LogP contribution < -0.4 is 22.3 Å². The highest BCUT2D eigenvalue weighted by Gasteiger charge is 2.09. The highest BCUT2D eigenvalue weighted by molar-refractivity contribution is 5.60. The van der Waals surface area contributed by atoms with Crippen molar-refractivity contribution in [1.29, 1.82) is 0 Å². The lowest BCUT2D eigenvalue weighted by atomic mass is 10.1. The van der Waals surface area contributed by atoms with Gasteiger partial charge in [-0.15, -0.1) is 0 Å². The van der Waals surface area contributed by atoms with Crippen molar-refractivity contribution in [2.75, 3.05) is 11.1 Å². The Hall–Kier alpha value is -2.57. The lowest BCUT2D eigenvalue weighted by molar-refractivity contribution is 0.812. The minimum absolute atomic E-state index is 0.112. The maximum Gasteiger partial charge on any atom is 0.329 e. The van der Waals surface area contributed by atoms with Gasteiger partial charge in [0.1, 0.15) is 11.5 Å². The molecule has 2 heterocycles. The van der Waals surface area contributed by atoms with E-state index in [2.05, 4.69) is 15.3 Å². The van der Waals surface area contributed by atoms with Gasteiger partial charge in [0, 0.05) is 26.0 Å². The van der Waals surface area contributed by atoms with Crippen LogP contribution in [0.2, 0.25) is 0 Å². The van der Waals surface area contributed by atoms with Gasteiger partial charge >= 0.3 is 5.69 Å². The zero-order valence-corrected chi connectivity index (χ0v) is 10.7. The van der Waals surface area contributed by atoms with Crippen molar-refractivity contribution >= 4 is 11.5 Å². The second-order valence-electron chi connectivity index (χ2n) is 4.23. The van der Waals surface area contributed by atoms with Crippen molar-refractivity contribution in [1.82, 2.24) is 14.5 Å². The van der Waals surface area contributed by atoms with Gasteiger partial charge in [-0.1, -0.05) is 0 Å². The van der Waals surface area contributed by atoms with E-state index < -0.39 is 11.2 Å². The highest BCUT2D eigenvalue weighted by Crippen LogP contribution is 2.12. The number of pyridine rings is 1. The molecule has 100 valence electrons. The van der Waals surface area contributed by atoms with E-state index in [1.807, 2.05) is 13.0 Å². The standard InChI is InChI=1S/C12H15N5O2/c1-7-5-14-4-3-8(7)6-15-9-10(13)17(2)12(19)16-11(9)18/h3-5,15H,6,13H2,1-2H3,(H,16,18,19). The number of hydrogen-bond acceptors (Lipinski definition) is 5. The average molecular weight is 261 g/mol. The maximum absolute atomic E-state index is 11.7. The first kappa shape index (κ1) is 12.9. The second-order valence-corrected chi connectivity index (χ2v) is 4.23. The number of nitrogens with one attached hydrogen (secondary N) is 2. The van der Waals surface area contributed by atoms with E-state index in [4.69, 9.17) is 5.73 Å². The van der Waals surface area contributed by atoms with Crippen LogP contribution in [0.4, 0.5) is 11.5 Å². The number of nitrogens with zero attached hydrogens (tertiary/aromatic N) is 2. The average Bonchev–Trinajstić information content (AvgIpc) is 2.38. The molecule has 0 aromatic carbocycles. The minimum Gasteiger partial charge on any atom is -0.383 e. The van der Waals surface area contributed by atoms with Gasteiger partial charge in [-0.2, -0.15) is 0 Å². The quantitative estimate of drug-likeness (QED) is 0.719. The summed E-state index contributed by atoms with van der Waals surface area (Å²) in [6, 6.07) is 1.86. The molecule has 4 N–H and O–H groups in total. The van der Waals surface area contributed by atoms with Crippen molar-refractivity contribution in [3.05, 3.63) is 50.4 Å². The Morgan fingerprint density at radius 1 is 1.47 bits per heavy atom. The normalized spacial score (nSPS) is 10.4. The summed E-state index contributed by atoms with van der Waals surface area (Å²) in [6.07, 6.45) is 3.42. The predicted molar refractivity (Wildman–Crippen MR) is 73.0 cm³/mol. The number of nitrogens with two attached hydrogens (primary N) is 1. The van der Waals surface area contributed by atoms with E-state index >= 15 is 0 Å². The van der Waals surface area contributed by atoms with Gasteiger partial charge in [0.2, 0.25) is 0 Å². The summed E-state index contributed by atoms with van der Waals surface area (Å²) in [6.45, 7) is 2.36. The van der Waals surface area contributed by atoms with Gasteiger partial charge in [-0.25, -0.2) is 4.79 Å². The molecular weight excluding hydrogens is 246 g/mol. The first-order valence-corrected chi connectivity index (χ1v) is 5.73. The number of rotatable bonds is 3. The van der Waals surface area contributed by atoms with E-state index in [1.54, 1.807) is 12.4 Å². The topological polar surface area (TPSA) is 106 Å². The van der Waals surface area contributed by atoms with E-state index in [1.165, 1.54) is 11.6 Å². The van der Waals surface area contributed by atoms with Crippen LogP contribution in [-0.2, 0) is 13.6 Å². The molecule has 0 bridgehead atoms. The van der Waals surface area contributed by atoms with E-state index in [0.717, 1.165) is 11.1 Å². The van der Waals surface area contributed by atoms with Gasteiger partial charge in [0.15, 0.2) is 0 Å². The fourth-order valence-corrected chi connectivity index (χ4v) is 1.69. The third-order valence-corrected chi connectivity index (χ3v) is 2.96. The molecule has 0 aliphatic rings. The van der Waals surface area contributed by atoms with Gasteiger partial charge in [0.05, 0.1) is 0 Å². The van der Waals surface area contributed by atoms with Crippen molar-refractivity contribution in [2.24, 2.45) is 7.05 Å². The summed E-state index contributed by atoms with van der Waals surface area (Å²) < 4.78 is 1.18. The molecule has 2 aromatic heterocycles. The summed E-state index contributed by atoms with van der Waals surface area (Å²) in [5.74, 6) is 0.112. The Bertz CT molecular complexity index is 717. The van der Waals surface area contributed by atoms with Crippen LogP contribution in [-0.4, -0.2) is 14.5 Å². The summed E-state index contributed by atoms with van der Waals surface area (Å²) in [4.78, 5) is 29.2. The molecule has 0 aliphatic heterocycles. The SMILES string of the molecule is Cc1cnccc1CNc1c(N)n(C)c(=O)[nH]c1=O. The molecule has 0 fully saturated rings. The number of anilines is 2. The van der Waals surface area contributed by atoms with E-state index in [9.17, 15) is 9.59 Å². The molecule has 0 amide bonds. The van der Waals surface area contributed by atoms with Crippen molar-refractivity contribution < 1.29 is 0 Å². The molecular formula is C12H15N5O2.